The molecule has 19 heavy (non-hydrogen) atoms. The smallest absolute Gasteiger partial charge is 0.00487 e. The zero-order chi connectivity index (χ0) is 13.0. The van der Waals surface area contributed by atoms with Crippen molar-refractivity contribution >= 4 is 0 Å². The molecular weight excluding hydrogens is 230 g/mol. The van der Waals surface area contributed by atoms with Crippen LogP contribution in [0.2, 0.25) is 0 Å². The Morgan fingerprint density at radius 1 is 1.05 bits per heavy atom. The first-order valence-electron chi connectivity index (χ1n) is 8.92. The summed E-state index contributed by atoms with van der Waals surface area (Å²) in [5, 5.41) is 0. The van der Waals surface area contributed by atoms with Gasteiger partial charge < -0.3 is 5.73 Å². The molecule has 108 valence electrons. The number of hydrogen-bond acceptors (Lipinski definition) is 1. The molecule has 5 rings (SSSR count). The molecule has 0 aliphatic heterocycles. The number of nitrogens with two attached hydrogens (primary N) is 1. The van der Waals surface area contributed by atoms with Crippen molar-refractivity contribution in [2.24, 2.45) is 46.7 Å². The van der Waals surface area contributed by atoms with E-state index >= 15 is 0 Å². The van der Waals surface area contributed by atoms with Crippen molar-refractivity contribution in [2.75, 3.05) is 6.54 Å². The summed E-state index contributed by atoms with van der Waals surface area (Å²) in [7, 11) is 0. The predicted octanol–water partition coefficient (Wildman–Crippen LogP) is 4.21. The largest absolute Gasteiger partial charge is 0.330 e. The molecule has 5 aliphatic rings. The highest BCUT2D eigenvalue weighted by Gasteiger charge is 2.58. The van der Waals surface area contributed by atoms with E-state index in [9.17, 15) is 0 Å². The van der Waals surface area contributed by atoms with Gasteiger partial charge in [-0.2, -0.15) is 0 Å². The molecule has 1 heteroatoms. The van der Waals surface area contributed by atoms with Crippen molar-refractivity contribution < 1.29 is 0 Å². The fourth-order valence-corrected chi connectivity index (χ4v) is 7.25. The van der Waals surface area contributed by atoms with Crippen LogP contribution < -0.4 is 5.73 Å². The average Bonchev–Trinajstić information content (AvgIpc) is 2.91. The number of hydrogen-bond donors (Lipinski definition) is 1. The molecule has 0 aromatic carbocycles. The van der Waals surface area contributed by atoms with E-state index in [0.717, 1.165) is 47.5 Å². The normalized spacial score (nSPS) is 50.8. The Kier molecular flexibility index (Phi) is 2.99. The zero-order valence-corrected chi connectivity index (χ0v) is 12.6. The lowest BCUT2D eigenvalue weighted by atomic mass is 9.42. The predicted molar refractivity (Wildman–Crippen MR) is 79.7 cm³/mol. The molecule has 5 aliphatic carbocycles. The van der Waals surface area contributed by atoms with E-state index in [4.69, 9.17) is 5.73 Å². The van der Waals surface area contributed by atoms with Gasteiger partial charge in [-0.3, -0.25) is 0 Å². The minimum atomic E-state index is 0.774. The molecule has 0 amide bonds. The first-order chi connectivity index (χ1) is 9.22. The van der Waals surface area contributed by atoms with Crippen molar-refractivity contribution in [3.8, 4) is 0 Å². The molecule has 1 nitrogen and oxygen atoms in total. The Morgan fingerprint density at radius 3 is 2.26 bits per heavy atom. The van der Waals surface area contributed by atoms with Gasteiger partial charge in [0.2, 0.25) is 0 Å². The van der Waals surface area contributed by atoms with E-state index < -0.39 is 0 Å². The summed E-state index contributed by atoms with van der Waals surface area (Å²) in [6, 6.07) is 0. The van der Waals surface area contributed by atoms with Crippen molar-refractivity contribution in [3.05, 3.63) is 0 Å². The maximum Gasteiger partial charge on any atom is -0.00487 e. The molecule has 3 unspecified atom stereocenters. The van der Waals surface area contributed by atoms with Crippen molar-refractivity contribution in [1.82, 2.24) is 0 Å². The van der Waals surface area contributed by atoms with Gasteiger partial charge in [0.15, 0.2) is 0 Å². The molecule has 4 bridgehead atoms. The zero-order valence-electron chi connectivity index (χ0n) is 12.6. The Morgan fingerprint density at radius 2 is 1.68 bits per heavy atom. The Bertz CT molecular complexity index is 328. The van der Waals surface area contributed by atoms with Crippen LogP contribution in [-0.2, 0) is 0 Å². The van der Waals surface area contributed by atoms with Gasteiger partial charge in [0, 0.05) is 0 Å². The topological polar surface area (TPSA) is 26.0 Å². The molecule has 0 heterocycles. The lowest BCUT2D eigenvalue weighted by Crippen LogP contribution is -2.55. The third-order valence-electron chi connectivity index (χ3n) is 7.64. The first kappa shape index (κ1) is 12.7. The second-order valence-electron chi connectivity index (χ2n) is 8.60. The Balaban J connectivity index is 1.60. The highest BCUT2D eigenvalue weighted by Crippen LogP contribution is 2.67. The lowest BCUT2D eigenvalue weighted by molar-refractivity contribution is -0.133. The highest BCUT2D eigenvalue weighted by molar-refractivity contribution is 5.08. The Hall–Kier alpha value is -0.0400. The third-order valence-corrected chi connectivity index (χ3v) is 7.64. The van der Waals surface area contributed by atoms with Crippen molar-refractivity contribution in [2.45, 2.75) is 64.7 Å². The summed E-state index contributed by atoms with van der Waals surface area (Å²) in [6.45, 7) is 3.34. The third kappa shape index (κ3) is 1.83. The quantitative estimate of drug-likeness (QED) is 0.809. The maximum atomic E-state index is 6.01. The van der Waals surface area contributed by atoms with Crippen LogP contribution in [0.5, 0.6) is 0 Å². The first-order valence-corrected chi connectivity index (χ1v) is 8.92. The minimum Gasteiger partial charge on any atom is -0.330 e. The second kappa shape index (κ2) is 4.48. The summed E-state index contributed by atoms with van der Waals surface area (Å²) in [5.74, 6) is 6.05. The molecule has 0 aromatic heterocycles. The average molecular weight is 261 g/mol. The molecule has 0 saturated heterocycles. The van der Waals surface area contributed by atoms with Gasteiger partial charge in [0.25, 0.3) is 0 Å². The Labute approximate surface area is 118 Å². The fraction of sp³-hybridized carbons (Fsp3) is 1.00. The maximum absolute atomic E-state index is 6.01. The standard InChI is InChI=1S/C18H31N/c1-12(11-19)17-14-6-13-7-15(17)10-18(8-13,9-14)16-4-2-3-5-16/h12-17H,2-11,19H2,1H3. The molecule has 2 N–H and O–H groups in total. The van der Waals surface area contributed by atoms with Gasteiger partial charge in [-0.15, -0.1) is 0 Å². The summed E-state index contributed by atoms with van der Waals surface area (Å²) >= 11 is 0. The minimum absolute atomic E-state index is 0.774. The molecule has 3 atom stereocenters. The van der Waals surface area contributed by atoms with E-state index in [1.807, 2.05) is 0 Å². The summed E-state index contributed by atoms with van der Waals surface area (Å²) < 4.78 is 0. The fourth-order valence-electron chi connectivity index (χ4n) is 7.25. The molecular formula is C18H31N. The van der Waals surface area contributed by atoms with Crippen LogP contribution in [0.25, 0.3) is 0 Å². The molecule has 5 fully saturated rings. The van der Waals surface area contributed by atoms with E-state index in [1.165, 1.54) is 12.8 Å². The molecule has 0 spiro atoms. The molecule has 0 aromatic rings. The highest BCUT2D eigenvalue weighted by atomic mass is 14.7. The van der Waals surface area contributed by atoms with Crippen LogP contribution in [0.15, 0.2) is 0 Å². The van der Waals surface area contributed by atoms with Crippen LogP contribution in [-0.4, -0.2) is 6.54 Å². The van der Waals surface area contributed by atoms with Gasteiger partial charge in [-0.05, 0) is 92.4 Å². The van der Waals surface area contributed by atoms with Crippen LogP contribution in [0.3, 0.4) is 0 Å². The SMILES string of the molecule is CC(CN)C1C2CC3CC1CC(C1CCCC1)(C3)C2. The van der Waals surface area contributed by atoms with Gasteiger partial charge >= 0.3 is 0 Å². The van der Waals surface area contributed by atoms with Crippen molar-refractivity contribution in [3.63, 3.8) is 0 Å². The lowest BCUT2D eigenvalue weighted by Gasteiger charge is -2.63. The van der Waals surface area contributed by atoms with Crippen LogP contribution >= 0.6 is 0 Å². The van der Waals surface area contributed by atoms with Crippen LogP contribution in [0.1, 0.15) is 64.7 Å². The van der Waals surface area contributed by atoms with Gasteiger partial charge in [0.05, 0.1) is 0 Å². The van der Waals surface area contributed by atoms with Crippen LogP contribution in [0, 0.1) is 40.9 Å². The number of rotatable bonds is 3. The van der Waals surface area contributed by atoms with Gasteiger partial charge in [-0.25, -0.2) is 0 Å². The summed E-state index contributed by atoms with van der Waals surface area (Å²) in [4.78, 5) is 0. The van der Waals surface area contributed by atoms with Gasteiger partial charge in [-0.1, -0.05) is 19.8 Å². The second-order valence-corrected chi connectivity index (χ2v) is 8.60. The van der Waals surface area contributed by atoms with Crippen LogP contribution in [0.4, 0.5) is 0 Å². The molecule has 0 radical (unpaired) electrons. The molecule has 5 saturated carbocycles. The van der Waals surface area contributed by atoms with Crippen molar-refractivity contribution in [1.29, 1.82) is 0 Å². The summed E-state index contributed by atoms with van der Waals surface area (Å²) in [5.41, 5.74) is 6.81. The van der Waals surface area contributed by atoms with E-state index in [0.29, 0.717) is 0 Å². The van der Waals surface area contributed by atoms with Gasteiger partial charge in [0.1, 0.15) is 0 Å². The summed E-state index contributed by atoms with van der Waals surface area (Å²) in [6.07, 6.45) is 14.0. The van der Waals surface area contributed by atoms with E-state index in [1.54, 1.807) is 44.9 Å². The van der Waals surface area contributed by atoms with E-state index in [-0.39, 0.29) is 0 Å². The monoisotopic (exact) mass is 261 g/mol. The van der Waals surface area contributed by atoms with E-state index in [2.05, 4.69) is 6.92 Å².